The first-order valence-electron chi connectivity index (χ1n) is 4.31. The smallest absolute Gasteiger partial charge is 0.194 e. The van der Waals surface area contributed by atoms with Crippen LogP contribution in [0, 0.1) is 4.77 Å². The van der Waals surface area contributed by atoms with Gasteiger partial charge in [0.1, 0.15) is 5.82 Å². The van der Waals surface area contributed by atoms with Gasteiger partial charge in [-0.3, -0.25) is 5.10 Å². The summed E-state index contributed by atoms with van der Waals surface area (Å²) in [5, 5.41) is 6.71. The maximum atomic E-state index is 11.3. The third-order valence-corrected chi connectivity index (χ3v) is 4.65. The Labute approximate surface area is 87.1 Å². The summed E-state index contributed by atoms with van der Waals surface area (Å²) in [4.78, 5) is 0. The number of nitrogens with zero attached hydrogens (tertiary/aromatic N) is 2. The van der Waals surface area contributed by atoms with E-state index in [0.29, 0.717) is 11.2 Å². The average molecular weight is 233 g/mol. The number of hydrogen-bond donors (Lipinski definition) is 1. The first kappa shape index (κ1) is 9.85. The van der Waals surface area contributed by atoms with Crippen LogP contribution in [0.5, 0.6) is 0 Å². The molecule has 0 amide bonds. The highest BCUT2D eigenvalue weighted by Gasteiger charge is 2.31. The molecule has 0 aliphatic carbocycles. The van der Waals surface area contributed by atoms with Crippen LogP contribution >= 0.6 is 12.2 Å². The van der Waals surface area contributed by atoms with E-state index in [9.17, 15) is 8.42 Å². The summed E-state index contributed by atoms with van der Waals surface area (Å²) in [6.45, 7) is 0. The molecule has 5 nitrogen and oxygen atoms in total. The minimum atomic E-state index is -2.85. The fourth-order valence-corrected chi connectivity index (χ4v) is 3.60. The third-order valence-electron chi connectivity index (χ3n) is 2.51. The van der Waals surface area contributed by atoms with Gasteiger partial charge in [0.2, 0.25) is 0 Å². The van der Waals surface area contributed by atoms with E-state index in [2.05, 4.69) is 10.2 Å². The van der Waals surface area contributed by atoms with Gasteiger partial charge in [-0.05, 0) is 18.6 Å². The van der Waals surface area contributed by atoms with Gasteiger partial charge in [-0.25, -0.2) is 8.42 Å². The molecule has 0 saturated carbocycles. The molecule has 2 heterocycles. The molecule has 14 heavy (non-hydrogen) atoms. The van der Waals surface area contributed by atoms with Crippen LogP contribution < -0.4 is 0 Å². The lowest BCUT2D eigenvalue weighted by Crippen LogP contribution is -2.08. The molecule has 1 aliphatic heterocycles. The van der Waals surface area contributed by atoms with Crippen LogP contribution in [-0.2, 0) is 16.9 Å². The zero-order valence-electron chi connectivity index (χ0n) is 7.73. The van der Waals surface area contributed by atoms with Crippen LogP contribution in [0.4, 0.5) is 0 Å². The van der Waals surface area contributed by atoms with Crippen LogP contribution in [0.25, 0.3) is 0 Å². The van der Waals surface area contributed by atoms with Crippen molar-refractivity contribution < 1.29 is 8.42 Å². The zero-order valence-corrected chi connectivity index (χ0v) is 9.36. The van der Waals surface area contributed by atoms with Crippen molar-refractivity contribution in [1.82, 2.24) is 14.8 Å². The Kier molecular flexibility index (Phi) is 2.23. The van der Waals surface area contributed by atoms with Gasteiger partial charge >= 0.3 is 0 Å². The zero-order chi connectivity index (χ0) is 10.3. The molecule has 0 bridgehead atoms. The molecule has 1 N–H and O–H groups in total. The molecule has 1 aliphatic rings. The lowest BCUT2D eigenvalue weighted by molar-refractivity contribution is 0.600. The van der Waals surface area contributed by atoms with Crippen LogP contribution in [0.2, 0.25) is 0 Å². The molecule has 2 rings (SSSR count). The molecule has 1 saturated heterocycles. The van der Waals surface area contributed by atoms with Gasteiger partial charge in [0, 0.05) is 13.0 Å². The Morgan fingerprint density at radius 1 is 1.64 bits per heavy atom. The first-order chi connectivity index (χ1) is 6.49. The molecule has 1 unspecified atom stereocenters. The van der Waals surface area contributed by atoms with Crippen molar-refractivity contribution in [1.29, 1.82) is 0 Å². The molecular formula is C7H11N3O2S2. The SMILES string of the molecule is Cn1c(C2CCS(=O)(=O)C2)n[nH]c1=S. The number of aromatic amines is 1. The fraction of sp³-hybridized carbons (Fsp3) is 0.714. The largest absolute Gasteiger partial charge is 0.307 e. The van der Waals surface area contributed by atoms with Crippen molar-refractivity contribution in [3.63, 3.8) is 0 Å². The Hall–Kier alpha value is -0.690. The summed E-state index contributed by atoms with van der Waals surface area (Å²) in [6.07, 6.45) is 0.649. The second kappa shape index (κ2) is 3.16. The summed E-state index contributed by atoms with van der Waals surface area (Å²) in [7, 11) is -1.05. The Balaban J connectivity index is 2.35. The summed E-state index contributed by atoms with van der Waals surface area (Å²) < 4.78 is 24.8. The normalized spacial score (nSPS) is 25.4. The van der Waals surface area contributed by atoms with Gasteiger partial charge in [-0.1, -0.05) is 0 Å². The van der Waals surface area contributed by atoms with E-state index >= 15 is 0 Å². The van der Waals surface area contributed by atoms with E-state index in [1.54, 1.807) is 11.6 Å². The molecule has 0 spiro atoms. The predicted octanol–water partition coefficient (Wildman–Crippen LogP) is 0.380. The van der Waals surface area contributed by atoms with Crippen LogP contribution in [0.15, 0.2) is 0 Å². The Morgan fingerprint density at radius 3 is 2.79 bits per heavy atom. The maximum Gasteiger partial charge on any atom is 0.194 e. The van der Waals surface area contributed by atoms with Crippen molar-refractivity contribution >= 4 is 22.1 Å². The molecule has 0 radical (unpaired) electrons. The van der Waals surface area contributed by atoms with Gasteiger partial charge in [0.15, 0.2) is 14.6 Å². The van der Waals surface area contributed by atoms with Crippen molar-refractivity contribution in [2.75, 3.05) is 11.5 Å². The van der Waals surface area contributed by atoms with E-state index in [0.717, 1.165) is 5.82 Å². The molecule has 1 fully saturated rings. The standard InChI is InChI=1S/C7H11N3O2S2/c1-10-6(8-9-7(10)13)5-2-3-14(11,12)4-5/h5H,2-4H2,1H3,(H,9,13). The highest BCUT2D eigenvalue weighted by molar-refractivity contribution is 7.91. The third kappa shape index (κ3) is 1.61. The Bertz CT molecular complexity index is 499. The summed E-state index contributed by atoms with van der Waals surface area (Å²) in [6, 6.07) is 0. The number of sulfone groups is 1. The van der Waals surface area contributed by atoms with Gasteiger partial charge in [-0.2, -0.15) is 5.10 Å². The van der Waals surface area contributed by atoms with Gasteiger partial charge in [-0.15, -0.1) is 0 Å². The van der Waals surface area contributed by atoms with Crippen LogP contribution in [0.1, 0.15) is 18.2 Å². The summed E-state index contributed by atoms with van der Waals surface area (Å²) in [5.74, 6) is 1.20. The highest BCUT2D eigenvalue weighted by Crippen LogP contribution is 2.26. The fourth-order valence-electron chi connectivity index (χ4n) is 1.72. The topological polar surface area (TPSA) is 67.8 Å². The van der Waals surface area contributed by atoms with Gasteiger partial charge < -0.3 is 4.57 Å². The highest BCUT2D eigenvalue weighted by atomic mass is 32.2. The molecule has 1 aromatic rings. The molecule has 0 aromatic carbocycles. The molecule has 7 heteroatoms. The summed E-state index contributed by atoms with van der Waals surface area (Å²) >= 11 is 4.96. The maximum absolute atomic E-state index is 11.3. The molecule has 78 valence electrons. The monoisotopic (exact) mass is 233 g/mol. The Morgan fingerprint density at radius 2 is 2.36 bits per heavy atom. The predicted molar refractivity (Wildman–Crippen MR) is 54.4 cm³/mol. The van der Waals surface area contributed by atoms with Gasteiger partial charge in [0.05, 0.1) is 11.5 Å². The first-order valence-corrected chi connectivity index (χ1v) is 6.54. The summed E-state index contributed by atoms with van der Waals surface area (Å²) in [5.41, 5.74) is 0. The van der Waals surface area contributed by atoms with Crippen molar-refractivity contribution in [3.05, 3.63) is 10.6 Å². The minimum absolute atomic E-state index is 0.00190. The van der Waals surface area contributed by atoms with Crippen molar-refractivity contribution in [2.45, 2.75) is 12.3 Å². The second-order valence-corrected chi connectivity index (χ2v) is 6.16. The van der Waals surface area contributed by atoms with E-state index in [4.69, 9.17) is 12.2 Å². The molecule has 1 aromatic heterocycles. The van der Waals surface area contributed by atoms with Gasteiger partial charge in [0.25, 0.3) is 0 Å². The van der Waals surface area contributed by atoms with Crippen LogP contribution in [0.3, 0.4) is 0 Å². The van der Waals surface area contributed by atoms with E-state index in [-0.39, 0.29) is 17.4 Å². The quantitative estimate of drug-likeness (QED) is 0.712. The number of nitrogens with one attached hydrogen (secondary N) is 1. The van der Waals surface area contributed by atoms with Crippen LogP contribution in [-0.4, -0.2) is 34.7 Å². The van der Waals surface area contributed by atoms with Crippen molar-refractivity contribution in [2.24, 2.45) is 7.05 Å². The second-order valence-electron chi connectivity index (χ2n) is 3.55. The minimum Gasteiger partial charge on any atom is -0.307 e. The molecular weight excluding hydrogens is 222 g/mol. The van der Waals surface area contributed by atoms with E-state index in [1.807, 2.05) is 0 Å². The number of hydrogen-bond acceptors (Lipinski definition) is 4. The average Bonchev–Trinajstić information content (AvgIpc) is 2.59. The lowest BCUT2D eigenvalue weighted by Gasteiger charge is -2.05. The number of H-pyrrole nitrogens is 1. The van der Waals surface area contributed by atoms with E-state index < -0.39 is 9.84 Å². The number of aromatic nitrogens is 3. The van der Waals surface area contributed by atoms with E-state index in [1.165, 1.54) is 0 Å². The van der Waals surface area contributed by atoms with Crippen molar-refractivity contribution in [3.8, 4) is 0 Å². The lowest BCUT2D eigenvalue weighted by atomic mass is 10.1. The molecule has 1 atom stereocenters. The number of rotatable bonds is 1.